The molecule has 0 aliphatic carbocycles. The molecule has 0 radical (unpaired) electrons. The highest BCUT2D eigenvalue weighted by Gasteiger charge is 2.23. The lowest BCUT2D eigenvalue weighted by molar-refractivity contribution is -0.117. The molecule has 0 fully saturated rings. The Morgan fingerprint density at radius 1 is 0.971 bits per heavy atom. The van der Waals surface area contributed by atoms with Crippen molar-refractivity contribution >= 4 is 34.1 Å². The fourth-order valence-corrected chi connectivity index (χ4v) is 3.98. The van der Waals surface area contributed by atoms with Gasteiger partial charge < -0.3 is 10.6 Å². The second-order valence-electron chi connectivity index (χ2n) is 7.44. The summed E-state index contributed by atoms with van der Waals surface area (Å²) in [5, 5.41) is 25.9. The second kappa shape index (κ2) is 11.0. The van der Waals surface area contributed by atoms with Crippen LogP contribution in [0.5, 0.6) is 0 Å². The number of carbonyl (C=O) groups is 2. The van der Waals surface area contributed by atoms with Crippen LogP contribution in [-0.4, -0.2) is 28.2 Å². The van der Waals surface area contributed by atoms with Crippen molar-refractivity contribution in [2.45, 2.75) is 12.5 Å². The van der Waals surface area contributed by atoms with Gasteiger partial charge in [0.1, 0.15) is 16.9 Å². The molecule has 1 aromatic heterocycles. The van der Waals surface area contributed by atoms with Crippen LogP contribution in [0.15, 0.2) is 78.9 Å². The number of nitrogens with one attached hydrogen (secondary N) is 3. The van der Waals surface area contributed by atoms with Crippen molar-refractivity contribution in [1.82, 2.24) is 15.5 Å². The zero-order valence-corrected chi connectivity index (χ0v) is 19.1. The van der Waals surface area contributed by atoms with Crippen molar-refractivity contribution < 1.29 is 14.0 Å². The van der Waals surface area contributed by atoms with Crippen LogP contribution in [0, 0.1) is 17.1 Å². The van der Waals surface area contributed by atoms with Gasteiger partial charge in [-0.3, -0.25) is 10.1 Å². The Kier molecular flexibility index (Phi) is 7.40. The molecule has 8 nitrogen and oxygen atoms in total. The third-order valence-electron chi connectivity index (χ3n) is 4.90. The van der Waals surface area contributed by atoms with Gasteiger partial charge in [0.25, 0.3) is 0 Å². The number of hydrogen-bond donors (Lipinski definition) is 3. The van der Waals surface area contributed by atoms with E-state index in [0.29, 0.717) is 21.8 Å². The summed E-state index contributed by atoms with van der Waals surface area (Å²) in [5.41, 5.74) is 2.34. The predicted molar refractivity (Wildman–Crippen MR) is 131 cm³/mol. The number of hydrogen-bond acceptors (Lipinski definition) is 6. The van der Waals surface area contributed by atoms with E-state index in [1.165, 1.54) is 18.2 Å². The predicted octanol–water partition coefficient (Wildman–Crippen LogP) is 4.59. The number of amides is 3. The van der Waals surface area contributed by atoms with E-state index in [1.54, 1.807) is 30.3 Å². The summed E-state index contributed by atoms with van der Waals surface area (Å²) in [7, 11) is 0. The van der Waals surface area contributed by atoms with Gasteiger partial charge in [-0.2, -0.15) is 5.26 Å². The van der Waals surface area contributed by atoms with Gasteiger partial charge in [0.15, 0.2) is 0 Å². The van der Waals surface area contributed by atoms with Crippen LogP contribution in [0.3, 0.4) is 0 Å². The van der Waals surface area contributed by atoms with Gasteiger partial charge >= 0.3 is 6.03 Å². The number of carbonyl (C=O) groups excluding carboxylic acids is 2. The van der Waals surface area contributed by atoms with E-state index in [0.717, 1.165) is 16.9 Å². The number of aromatic nitrogens is 2. The van der Waals surface area contributed by atoms with Gasteiger partial charge in [0, 0.05) is 17.7 Å². The first-order chi connectivity index (χ1) is 17.0. The smallest absolute Gasteiger partial charge is 0.319 e. The number of nitrogens with zero attached hydrogens (tertiary/aromatic N) is 3. The average molecular weight is 487 g/mol. The molecular weight excluding hydrogens is 467 g/mol. The van der Waals surface area contributed by atoms with Crippen molar-refractivity contribution in [3.63, 3.8) is 0 Å². The highest BCUT2D eigenvalue weighted by molar-refractivity contribution is 7.18. The molecule has 4 rings (SSSR count). The molecule has 3 N–H and O–H groups in total. The molecule has 174 valence electrons. The SMILES string of the molecule is N#Cc1cccc(NC(=O)NC(Cc2ccccc2)C(=O)Nc2nnc(-c3ccc(F)cc3)s2)c1. The number of urea groups is 1. The molecular formula is C25H19FN6O2S. The van der Waals surface area contributed by atoms with Gasteiger partial charge in [-0.15, -0.1) is 10.2 Å². The molecule has 1 heterocycles. The largest absolute Gasteiger partial charge is 0.326 e. The van der Waals surface area contributed by atoms with Crippen molar-refractivity contribution in [3.8, 4) is 16.6 Å². The average Bonchev–Trinajstić information content (AvgIpc) is 3.33. The molecule has 0 saturated heterocycles. The van der Waals surface area contributed by atoms with E-state index in [2.05, 4.69) is 26.1 Å². The highest BCUT2D eigenvalue weighted by Crippen LogP contribution is 2.26. The standard InChI is InChI=1S/C25H19FN6O2S/c26-19-11-9-18(10-12-19)23-31-32-25(35-23)30-22(33)21(14-16-5-2-1-3-6-16)29-24(34)28-20-8-4-7-17(13-20)15-27/h1-13,21H,14H2,(H2,28,29,34)(H,30,32,33). The summed E-state index contributed by atoms with van der Waals surface area (Å²) in [6, 6.07) is 22.0. The van der Waals surface area contributed by atoms with Crippen molar-refractivity contribution in [1.29, 1.82) is 5.26 Å². The quantitative estimate of drug-likeness (QED) is 0.353. The van der Waals surface area contributed by atoms with E-state index in [9.17, 15) is 14.0 Å². The summed E-state index contributed by atoms with van der Waals surface area (Å²) in [5.74, 6) is -0.837. The molecule has 0 aliphatic rings. The molecule has 0 aliphatic heterocycles. The molecule has 1 unspecified atom stereocenters. The Morgan fingerprint density at radius 3 is 2.49 bits per heavy atom. The maximum Gasteiger partial charge on any atom is 0.319 e. The monoisotopic (exact) mass is 486 g/mol. The summed E-state index contributed by atoms with van der Waals surface area (Å²) >= 11 is 1.13. The molecule has 3 amide bonds. The second-order valence-corrected chi connectivity index (χ2v) is 8.42. The van der Waals surface area contributed by atoms with E-state index in [4.69, 9.17) is 5.26 Å². The fourth-order valence-electron chi connectivity index (χ4n) is 3.23. The Balaban J connectivity index is 1.47. The summed E-state index contributed by atoms with van der Waals surface area (Å²) < 4.78 is 13.2. The minimum absolute atomic E-state index is 0.238. The first kappa shape index (κ1) is 23.5. The Morgan fingerprint density at radius 2 is 1.74 bits per heavy atom. The lowest BCUT2D eigenvalue weighted by Gasteiger charge is -2.18. The maximum absolute atomic E-state index is 13.2. The van der Waals surface area contributed by atoms with E-state index < -0.39 is 18.0 Å². The maximum atomic E-state index is 13.2. The molecule has 10 heteroatoms. The molecule has 3 aromatic carbocycles. The fraction of sp³-hybridized carbons (Fsp3) is 0.0800. The summed E-state index contributed by atoms with van der Waals surface area (Å²) in [6.45, 7) is 0. The van der Waals surface area contributed by atoms with Crippen LogP contribution in [0.1, 0.15) is 11.1 Å². The number of anilines is 2. The zero-order chi connectivity index (χ0) is 24.6. The Hall–Kier alpha value is -4.62. The van der Waals surface area contributed by atoms with Crippen molar-refractivity contribution in [3.05, 3.63) is 95.8 Å². The van der Waals surface area contributed by atoms with E-state index in [1.807, 2.05) is 36.4 Å². The van der Waals surface area contributed by atoms with Crippen LogP contribution in [0.2, 0.25) is 0 Å². The topological polar surface area (TPSA) is 120 Å². The Bertz CT molecular complexity index is 1370. The van der Waals surface area contributed by atoms with E-state index in [-0.39, 0.29) is 17.4 Å². The van der Waals surface area contributed by atoms with Crippen molar-refractivity contribution in [2.24, 2.45) is 0 Å². The van der Waals surface area contributed by atoms with Crippen LogP contribution in [-0.2, 0) is 11.2 Å². The zero-order valence-electron chi connectivity index (χ0n) is 18.2. The van der Waals surface area contributed by atoms with Gasteiger partial charge in [0.05, 0.1) is 11.6 Å². The first-order valence-electron chi connectivity index (χ1n) is 10.5. The first-order valence-corrected chi connectivity index (χ1v) is 11.3. The molecule has 0 spiro atoms. The van der Waals surface area contributed by atoms with Gasteiger partial charge in [-0.05, 0) is 48.0 Å². The van der Waals surface area contributed by atoms with Crippen molar-refractivity contribution in [2.75, 3.05) is 10.6 Å². The van der Waals surface area contributed by atoms with Crippen LogP contribution in [0.25, 0.3) is 10.6 Å². The molecule has 0 bridgehead atoms. The number of nitriles is 1. The molecule has 1 atom stereocenters. The third kappa shape index (κ3) is 6.46. The lowest BCUT2D eigenvalue weighted by atomic mass is 10.1. The van der Waals surface area contributed by atoms with Gasteiger partial charge in [-0.1, -0.05) is 47.7 Å². The minimum Gasteiger partial charge on any atom is -0.326 e. The normalized spacial score (nSPS) is 11.2. The molecule has 4 aromatic rings. The van der Waals surface area contributed by atoms with Crippen LogP contribution in [0.4, 0.5) is 20.0 Å². The lowest BCUT2D eigenvalue weighted by Crippen LogP contribution is -2.46. The number of benzene rings is 3. The minimum atomic E-state index is -0.922. The van der Waals surface area contributed by atoms with Crippen LogP contribution >= 0.6 is 11.3 Å². The van der Waals surface area contributed by atoms with E-state index >= 15 is 0 Å². The summed E-state index contributed by atoms with van der Waals surface area (Å²) in [4.78, 5) is 25.7. The molecule has 0 saturated carbocycles. The van der Waals surface area contributed by atoms with Gasteiger partial charge in [-0.25, -0.2) is 9.18 Å². The van der Waals surface area contributed by atoms with Gasteiger partial charge in [0.2, 0.25) is 11.0 Å². The Labute approximate surface area is 204 Å². The highest BCUT2D eigenvalue weighted by atomic mass is 32.1. The number of halogens is 1. The van der Waals surface area contributed by atoms with Crippen LogP contribution < -0.4 is 16.0 Å². The number of rotatable bonds is 7. The third-order valence-corrected chi connectivity index (χ3v) is 5.79. The summed E-state index contributed by atoms with van der Waals surface area (Å²) in [6.07, 6.45) is 0.238. The molecule has 35 heavy (non-hydrogen) atoms.